The van der Waals surface area contributed by atoms with E-state index in [2.05, 4.69) is 5.10 Å². The Hall–Kier alpha value is -1.70. The summed E-state index contributed by atoms with van der Waals surface area (Å²) in [7, 11) is -3.54. The molecular formula is C16H22N4O2S. The molecule has 7 heteroatoms. The molecule has 1 aromatic carbocycles. The van der Waals surface area contributed by atoms with E-state index in [-0.39, 0.29) is 17.0 Å². The van der Waals surface area contributed by atoms with Crippen molar-refractivity contribution in [3.8, 4) is 5.69 Å². The minimum atomic E-state index is -3.54. The first-order valence-corrected chi connectivity index (χ1v) is 9.21. The number of aryl methyl sites for hydroxylation is 1. The lowest BCUT2D eigenvalue weighted by molar-refractivity contribution is 0.247. The summed E-state index contributed by atoms with van der Waals surface area (Å²) in [6.07, 6.45) is 4.36. The number of hydrogen-bond donors (Lipinski definition) is 1. The summed E-state index contributed by atoms with van der Waals surface area (Å²) in [5, 5.41) is 4.20. The second-order valence-corrected chi connectivity index (χ2v) is 8.10. The van der Waals surface area contributed by atoms with Crippen molar-refractivity contribution in [2.75, 3.05) is 6.54 Å². The van der Waals surface area contributed by atoms with Crippen LogP contribution in [0.15, 0.2) is 41.6 Å². The minimum Gasteiger partial charge on any atom is -0.328 e. The van der Waals surface area contributed by atoms with Crippen molar-refractivity contribution in [1.29, 1.82) is 0 Å². The number of rotatable bonds is 3. The highest BCUT2D eigenvalue weighted by molar-refractivity contribution is 7.89. The van der Waals surface area contributed by atoms with Gasteiger partial charge in [-0.2, -0.15) is 9.40 Å². The maximum absolute atomic E-state index is 12.8. The van der Waals surface area contributed by atoms with Crippen molar-refractivity contribution >= 4 is 10.0 Å². The van der Waals surface area contributed by atoms with Crippen molar-refractivity contribution in [3.63, 3.8) is 0 Å². The van der Waals surface area contributed by atoms with Crippen LogP contribution in [0, 0.1) is 6.92 Å². The zero-order valence-corrected chi connectivity index (χ0v) is 14.2. The summed E-state index contributed by atoms with van der Waals surface area (Å²) in [6.45, 7) is 4.37. The van der Waals surface area contributed by atoms with Crippen molar-refractivity contribution in [2.24, 2.45) is 5.73 Å². The Labute approximate surface area is 137 Å². The third-order valence-electron chi connectivity index (χ3n) is 4.32. The number of aromatic nitrogens is 2. The van der Waals surface area contributed by atoms with Gasteiger partial charge in [0.25, 0.3) is 0 Å². The summed E-state index contributed by atoms with van der Waals surface area (Å²) in [5.74, 6) is 0. The average molecular weight is 334 g/mol. The number of piperidine rings is 1. The molecule has 2 heterocycles. The molecule has 3 rings (SSSR count). The molecule has 1 aliphatic rings. The Balaban J connectivity index is 1.88. The third kappa shape index (κ3) is 3.17. The van der Waals surface area contributed by atoms with Crippen LogP contribution in [0.3, 0.4) is 0 Å². The molecule has 0 radical (unpaired) electrons. The molecule has 1 saturated heterocycles. The van der Waals surface area contributed by atoms with Gasteiger partial charge < -0.3 is 5.73 Å². The normalized spacial score (nSPS) is 23.1. The SMILES string of the molecule is Cc1ccc(-n2cc(S(=O)(=O)N3CC[C@H](N)C[C@H]3C)cn2)cc1. The Kier molecular flexibility index (Phi) is 4.27. The molecule has 2 atom stereocenters. The fraction of sp³-hybridized carbons (Fsp3) is 0.438. The van der Waals surface area contributed by atoms with Gasteiger partial charge in [-0.25, -0.2) is 13.1 Å². The van der Waals surface area contributed by atoms with Crippen LogP contribution in [0.25, 0.3) is 5.69 Å². The van der Waals surface area contributed by atoms with Crippen molar-refractivity contribution in [2.45, 2.75) is 43.7 Å². The third-order valence-corrected chi connectivity index (χ3v) is 6.29. The van der Waals surface area contributed by atoms with Gasteiger partial charge in [0.15, 0.2) is 0 Å². The number of nitrogens with zero attached hydrogens (tertiary/aromatic N) is 3. The molecule has 0 unspecified atom stereocenters. The van der Waals surface area contributed by atoms with Crippen LogP contribution in [-0.4, -0.2) is 41.1 Å². The van der Waals surface area contributed by atoms with Gasteiger partial charge in [0.2, 0.25) is 10.0 Å². The Morgan fingerprint density at radius 3 is 2.61 bits per heavy atom. The second-order valence-electron chi connectivity index (χ2n) is 6.21. The van der Waals surface area contributed by atoms with E-state index in [0.717, 1.165) is 11.3 Å². The summed E-state index contributed by atoms with van der Waals surface area (Å²) in [4.78, 5) is 0.223. The van der Waals surface area contributed by atoms with E-state index in [1.54, 1.807) is 10.9 Å². The molecule has 0 aliphatic carbocycles. The zero-order chi connectivity index (χ0) is 16.6. The van der Waals surface area contributed by atoms with Crippen LogP contribution in [-0.2, 0) is 10.0 Å². The number of nitrogens with two attached hydrogens (primary N) is 1. The first kappa shape index (κ1) is 16.2. The average Bonchev–Trinajstić information content (AvgIpc) is 2.98. The minimum absolute atomic E-state index is 0.0757. The summed E-state index contributed by atoms with van der Waals surface area (Å²) in [6, 6.07) is 7.76. The van der Waals surface area contributed by atoms with Gasteiger partial charge in [-0.1, -0.05) is 17.7 Å². The van der Waals surface area contributed by atoms with Gasteiger partial charge in [0.1, 0.15) is 4.90 Å². The Morgan fingerprint density at radius 1 is 1.26 bits per heavy atom. The molecule has 0 amide bonds. The van der Waals surface area contributed by atoms with Crippen LogP contribution in [0.5, 0.6) is 0 Å². The van der Waals surface area contributed by atoms with Crippen molar-refractivity contribution in [3.05, 3.63) is 42.2 Å². The molecule has 1 aromatic heterocycles. The molecule has 2 N–H and O–H groups in total. The van der Waals surface area contributed by atoms with Gasteiger partial charge >= 0.3 is 0 Å². The lowest BCUT2D eigenvalue weighted by Gasteiger charge is -2.34. The number of benzene rings is 1. The quantitative estimate of drug-likeness (QED) is 0.926. The topological polar surface area (TPSA) is 81.2 Å². The van der Waals surface area contributed by atoms with Gasteiger partial charge in [-0.05, 0) is 38.8 Å². The smallest absolute Gasteiger partial charge is 0.246 e. The molecule has 6 nitrogen and oxygen atoms in total. The Morgan fingerprint density at radius 2 is 1.96 bits per heavy atom. The molecule has 124 valence electrons. The molecule has 0 saturated carbocycles. The fourth-order valence-electron chi connectivity index (χ4n) is 2.96. The maximum Gasteiger partial charge on any atom is 0.246 e. The van der Waals surface area contributed by atoms with E-state index in [0.29, 0.717) is 19.4 Å². The van der Waals surface area contributed by atoms with Crippen LogP contribution in [0.2, 0.25) is 0 Å². The molecule has 1 fully saturated rings. The first-order valence-electron chi connectivity index (χ1n) is 7.77. The first-order chi connectivity index (χ1) is 10.9. The zero-order valence-electron chi connectivity index (χ0n) is 13.4. The number of hydrogen-bond acceptors (Lipinski definition) is 4. The maximum atomic E-state index is 12.8. The van der Waals surface area contributed by atoms with Gasteiger partial charge in [-0.3, -0.25) is 0 Å². The van der Waals surface area contributed by atoms with E-state index < -0.39 is 10.0 Å². The summed E-state index contributed by atoms with van der Waals surface area (Å²) >= 11 is 0. The monoisotopic (exact) mass is 334 g/mol. The predicted molar refractivity (Wildman–Crippen MR) is 88.9 cm³/mol. The van der Waals surface area contributed by atoms with Gasteiger partial charge in [0, 0.05) is 18.6 Å². The molecule has 0 spiro atoms. The molecule has 1 aliphatic heterocycles. The van der Waals surface area contributed by atoms with Gasteiger partial charge in [-0.15, -0.1) is 0 Å². The molecule has 0 bridgehead atoms. The second kappa shape index (κ2) is 6.07. The molecule has 2 aromatic rings. The highest BCUT2D eigenvalue weighted by atomic mass is 32.2. The molecular weight excluding hydrogens is 312 g/mol. The Bertz CT molecular complexity index is 783. The standard InChI is InChI=1S/C16H22N4O2S/c1-12-3-5-15(6-4-12)19-11-16(10-18-19)23(21,22)20-8-7-14(17)9-13(20)2/h3-6,10-11,13-14H,7-9,17H2,1-2H3/t13-,14+/m1/s1. The van der Waals surface area contributed by atoms with Crippen LogP contribution in [0.1, 0.15) is 25.3 Å². The lowest BCUT2D eigenvalue weighted by atomic mass is 10.0. The highest BCUT2D eigenvalue weighted by Crippen LogP contribution is 2.25. The lowest BCUT2D eigenvalue weighted by Crippen LogP contribution is -2.48. The predicted octanol–water partition coefficient (Wildman–Crippen LogP) is 1.68. The fourth-order valence-corrected chi connectivity index (χ4v) is 4.55. The van der Waals surface area contributed by atoms with Crippen LogP contribution >= 0.6 is 0 Å². The van der Waals surface area contributed by atoms with Crippen molar-refractivity contribution in [1.82, 2.24) is 14.1 Å². The highest BCUT2D eigenvalue weighted by Gasteiger charge is 2.34. The van der Waals surface area contributed by atoms with E-state index in [4.69, 9.17) is 5.73 Å². The number of sulfonamides is 1. The van der Waals surface area contributed by atoms with E-state index in [9.17, 15) is 8.42 Å². The molecule has 23 heavy (non-hydrogen) atoms. The van der Waals surface area contributed by atoms with E-state index in [1.807, 2.05) is 38.1 Å². The van der Waals surface area contributed by atoms with Crippen LogP contribution in [0.4, 0.5) is 0 Å². The van der Waals surface area contributed by atoms with Crippen molar-refractivity contribution < 1.29 is 8.42 Å². The van der Waals surface area contributed by atoms with E-state index in [1.165, 1.54) is 10.5 Å². The largest absolute Gasteiger partial charge is 0.328 e. The summed E-state index contributed by atoms with van der Waals surface area (Å²) < 4.78 is 28.8. The van der Waals surface area contributed by atoms with Gasteiger partial charge in [0.05, 0.1) is 18.1 Å². The van der Waals surface area contributed by atoms with E-state index >= 15 is 0 Å². The van der Waals surface area contributed by atoms with Crippen LogP contribution < -0.4 is 5.73 Å². The summed E-state index contributed by atoms with van der Waals surface area (Å²) in [5.41, 5.74) is 7.91.